The number of hydrogen-bond acceptors (Lipinski definition) is 3. The van der Waals surface area contributed by atoms with E-state index in [2.05, 4.69) is 12.2 Å². The third-order valence-electron chi connectivity index (χ3n) is 1.56. The van der Waals surface area contributed by atoms with Gasteiger partial charge in [-0.1, -0.05) is 12.2 Å². The number of nitrogen functional groups attached to an aromatic ring is 1. The van der Waals surface area contributed by atoms with Crippen molar-refractivity contribution in [2.24, 2.45) is 0 Å². The number of carbonyl (C=O) groups excluding carboxylic acids is 1. The molecule has 15 heavy (non-hydrogen) atoms. The lowest BCUT2D eigenvalue weighted by Crippen LogP contribution is -2.21. The van der Waals surface area contributed by atoms with Gasteiger partial charge in [0.1, 0.15) is 0 Å². The monoisotopic (exact) mass is 224 g/mol. The molecule has 0 atom stereocenters. The molecule has 0 radical (unpaired) electrons. The Morgan fingerprint density at radius 2 is 1.73 bits per heavy atom. The van der Waals surface area contributed by atoms with Gasteiger partial charge >= 0.3 is 0 Å². The lowest BCUT2D eigenvalue weighted by atomic mass is 10.2. The van der Waals surface area contributed by atoms with Crippen molar-refractivity contribution in [3.05, 3.63) is 29.8 Å². The van der Waals surface area contributed by atoms with Crippen LogP contribution in [0.5, 0.6) is 0 Å². The van der Waals surface area contributed by atoms with E-state index in [0.29, 0.717) is 11.3 Å². The molecule has 0 fully saturated rings. The van der Waals surface area contributed by atoms with E-state index < -0.39 is 0 Å². The van der Waals surface area contributed by atoms with Crippen molar-refractivity contribution in [2.75, 3.05) is 19.8 Å². The van der Waals surface area contributed by atoms with Gasteiger partial charge in [0.05, 0.1) is 0 Å². The Kier molecular flexibility index (Phi) is 6.29. The molecule has 1 aromatic carbocycles. The van der Waals surface area contributed by atoms with Crippen molar-refractivity contribution in [2.45, 2.75) is 6.92 Å². The summed E-state index contributed by atoms with van der Waals surface area (Å²) in [7, 11) is 3.44. The van der Waals surface area contributed by atoms with Crippen molar-refractivity contribution >= 4 is 29.2 Å². The van der Waals surface area contributed by atoms with Crippen LogP contribution in [0.1, 0.15) is 17.3 Å². The van der Waals surface area contributed by atoms with Gasteiger partial charge in [0.15, 0.2) is 0 Å². The number of carbonyl (C=O) groups is 1. The topological polar surface area (TPSA) is 46.3 Å². The minimum atomic E-state index is -0.00463. The number of hydrogen-bond donors (Lipinski definition) is 1. The fourth-order valence-electron chi connectivity index (χ4n) is 0.884. The van der Waals surface area contributed by atoms with Gasteiger partial charge in [-0.3, -0.25) is 4.79 Å². The first-order valence-corrected chi connectivity index (χ1v) is 4.97. The Balaban J connectivity index is 0.000000583. The highest BCUT2D eigenvalue weighted by Gasteiger charge is 2.05. The molecule has 1 amide bonds. The van der Waals surface area contributed by atoms with E-state index in [-0.39, 0.29) is 5.91 Å². The second kappa shape index (κ2) is 6.95. The molecule has 0 aliphatic heterocycles. The molecular formula is C11H16N2OS. The van der Waals surface area contributed by atoms with Gasteiger partial charge < -0.3 is 10.6 Å². The number of nitrogens with zero attached hydrogens (tertiary/aromatic N) is 1. The molecule has 4 heteroatoms. The molecule has 1 aromatic rings. The van der Waals surface area contributed by atoms with Crippen molar-refractivity contribution in [3.8, 4) is 0 Å². The molecule has 0 aliphatic rings. The summed E-state index contributed by atoms with van der Waals surface area (Å²) in [4.78, 5) is 12.9. The number of nitrogens with two attached hydrogens (primary N) is 1. The molecule has 0 saturated heterocycles. The molecule has 0 heterocycles. The summed E-state index contributed by atoms with van der Waals surface area (Å²) >= 11 is 4.27. The average molecular weight is 224 g/mol. The normalized spacial score (nSPS) is 8.47. The largest absolute Gasteiger partial charge is 0.399 e. The van der Waals surface area contributed by atoms with E-state index in [1.165, 1.54) is 4.90 Å². The van der Waals surface area contributed by atoms with E-state index in [9.17, 15) is 4.79 Å². The summed E-state index contributed by atoms with van der Waals surface area (Å²) in [5.74, 6) is -0.00463. The number of thiocarbonyl (C=S) groups is 1. The molecule has 0 aromatic heterocycles. The van der Waals surface area contributed by atoms with Crippen LogP contribution in [0, 0.1) is 0 Å². The zero-order valence-corrected chi connectivity index (χ0v) is 10.0. The molecular weight excluding hydrogens is 208 g/mol. The predicted molar refractivity (Wildman–Crippen MR) is 68.2 cm³/mol. The molecule has 0 bridgehead atoms. The van der Waals surface area contributed by atoms with Crippen LogP contribution in [-0.2, 0) is 0 Å². The predicted octanol–water partition coefficient (Wildman–Crippen LogP) is 1.98. The van der Waals surface area contributed by atoms with Crippen LogP contribution < -0.4 is 5.73 Å². The number of anilines is 1. The SMILES string of the molecule is CC=S.CN(C)C(=O)c1ccc(N)cc1. The summed E-state index contributed by atoms with van der Waals surface area (Å²) in [5.41, 5.74) is 6.81. The van der Waals surface area contributed by atoms with Gasteiger partial charge in [0, 0.05) is 25.3 Å². The summed E-state index contributed by atoms with van der Waals surface area (Å²) in [6, 6.07) is 6.88. The van der Waals surface area contributed by atoms with Gasteiger partial charge in [0.25, 0.3) is 5.91 Å². The maximum atomic E-state index is 11.3. The van der Waals surface area contributed by atoms with E-state index >= 15 is 0 Å². The summed E-state index contributed by atoms with van der Waals surface area (Å²) in [6.07, 6.45) is 0. The lowest BCUT2D eigenvalue weighted by Gasteiger charge is -2.09. The van der Waals surface area contributed by atoms with Gasteiger partial charge in [-0.2, -0.15) is 0 Å². The quantitative estimate of drug-likeness (QED) is 0.586. The third-order valence-corrected chi connectivity index (χ3v) is 1.56. The second-order valence-electron chi connectivity index (χ2n) is 3.06. The molecule has 0 saturated carbocycles. The third kappa shape index (κ3) is 5.12. The van der Waals surface area contributed by atoms with Gasteiger partial charge in [-0.05, 0) is 36.6 Å². The number of rotatable bonds is 1. The summed E-state index contributed by atoms with van der Waals surface area (Å²) < 4.78 is 0. The Labute approximate surface area is 95.9 Å². The molecule has 0 spiro atoms. The Hall–Kier alpha value is -1.42. The van der Waals surface area contributed by atoms with Crippen LogP contribution in [0.3, 0.4) is 0 Å². The lowest BCUT2D eigenvalue weighted by molar-refractivity contribution is 0.0827. The van der Waals surface area contributed by atoms with Crippen LogP contribution in [0.15, 0.2) is 24.3 Å². The van der Waals surface area contributed by atoms with Gasteiger partial charge in [-0.25, -0.2) is 0 Å². The summed E-state index contributed by atoms with van der Waals surface area (Å²) in [6.45, 7) is 1.81. The first kappa shape index (κ1) is 13.6. The average Bonchev–Trinajstić information content (AvgIpc) is 2.19. The summed E-state index contributed by atoms with van der Waals surface area (Å²) in [5, 5.41) is 1.58. The zero-order valence-electron chi connectivity index (χ0n) is 9.23. The van der Waals surface area contributed by atoms with Gasteiger partial charge in [-0.15, -0.1) is 0 Å². The van der Waals surface area contributed by atoms with Crippen LogP contribution >= 0.6 is 12.2 Å². The first-order chi connectivity index (χ1) is 7.02. The molecule has 1 rings (SSSR count). The zero-order chi connectivity index (χ0) is 11.8. The fourth-order valence-corrected chi connectivity index (χ4v) is 0.884. The highest BCUT2D eigenvalue weighted by atomic mass is 32.1. The highest BCUT2D eigenvalue weighted by Crippen LogP contribution is 2.06. The second-order valence-corrected chi connectivity index (χ2v) is 3.53. The minimum Gasteiger partial charge on any atom is -0.399 e. The molecule has 0 unspecified atom stereocenters. The van der Waals surface area contributed by atoms with E-state index in [4.69, 9.17) is 5.73 Å². The Morgan fingerprint density at radius 3 is 2.07 bits per heavy atom. The van der Waals surface area contributed by atoms with Crippen molar-refractivity contribution < 1.29 is 4.79 Å². The number of amides is 1. The first-order valence-electron chi connectivity index (χ1n) is 4.50. The van der Waals surface area contributed by atoms with Crippen molar-refractivity contribution in [1.29, 1.82) is 0 Å². The minimum absolute atomic E-state index is 0.00463. The van der Waals surface area contributed by atoms with E-state index in [1.807, 2.05) is 6.92 Å². The van der Waals surface area contributed by atoms with E-state index in [1.54, 1.807) is 43.7 Å². The smallest absolute Gasteiger partial charge is 0.253 e. The molecule has 82 valence electrons. The van der Waals surface area contributed by atoms with Crippen molar-refractivity contribution in [1.82, 2.24) is 4.90 Å². The van der Waals surface area contributed by atoms with Crippen LogP contribution in [0.2, 0.25) is 0 Å². The molecule has 3 nitrogen and oxygen atoms in total. The van der Waals surface area contributed by atoms with E-state index in [0.717, 1.165) is 0 Å². The van der Waals surface area contributed by atoms with Crippen molar-refractivity contribution in [3.63, 3.8) is 0 Å². The highest BCUT2D eigenvalue weighted by molar-refractivity contribution is 7.78. The van der Waals surface area contributed by atoms with Crippen LogP contribution in [0.4, 0.5) is 5.69 Å². The van der Waals surface area contributed by atoms with Crippen LogP contribution in [-0.4, -0.2) is 30.3 Å². The maximum absolute atomic E-state index is 11.3. The molecule has 2 N–H and O–H groups in total. The maximum Gasteiger partial charge on any atom is 0.253 e. The Morgan fingerprint density at radius 1 is 1.33 bits per heavy atom. The van der Waals surface area contributed by atoms with Crippen LogP contribution in [0.25, 0.3) is 0 Å². The fraction of sp³-hybridized carbons (Fsp3) is 0.273. The standard InChI is InChI=1S/C9H12N2O.C2H4S/c1-11(2)9(12)7-3-5-8(10)6-4-7;1-2-3/h3-6H,10H2,1-2H3;2H,1H3. The Bertz CT molecular complexity index is 320. The van der Waals surface area contributed by atoms with Gasteiger partial charge in [0.2, 0.25) is 0 Å². The molecule has 0 aliphatic carbocycles. The number of benzene rings is 1.